The number of hydrogen-bond acceptors (Lipinski definition) is 3. The highest BCUT2D eigenvalue weighted by Crippen LogP contribution is 2.36. The first-order valence-electron chi connectivity index (χ1n) is 8.09. The van der Waals surface area contributed by atoms with Gasteiger partial charge < -0.3 is 10.5 Å². The molecule has 0 saturated carbocycles. The molecule has 0 radical (unpaired) electrons. The lowest BCUT2D eigenvalue weighted by atomic mass is 9.92. The Balaban J connectivity index is 2.23. The molecule has 1 aromatic carbocycles. The summed E-state index contributed by atoms with van der Waals surface area (Å²) >= 11 is 0. The first-order chi connectivity index (χ1) is 10.7. The Morgan fingerprint density at radius 2 is 2.13 bits per heavy atom. The molecule has 1 saturated heterocycles. The number of benzene rings is 1. The molecule has 0 aliphatic carbocycles. The fourth-order valence-corrected chi connectivity index (χ4v) is 4.52. The number of likely N-dealkylation sites (tertiary alicyclic amines) is 1. The van der Waals surface area contributed by atoms with Gasteiger partial charge >= 0.3 is 6.09 Å². The third kappa shape index (κ3) is 4.78. The van der Waals surface area contributed by atoms with Crippen LogP contribution >= 0.6 is 0 Å². The average Bonchev–Trinajstić information content (AvgIpc) is 2.71. The van der Waals surface area contributed by atoms with E-state index in [2.05, 4.69) is 24.5 Å². The van der Waals surface area contributed by atoms with Crippen molar-refractivity contribution in [3.63, 3.8) is 0 Å². The van der Waals surface area contributed by atoms with Crippen LogP contribution in [-0.2, 0) is 4.74 Å². The number of halogens is 1. The minimum atomic E-state index is -1.19. The van der Waals surface area contributed by atoms with E-state index in [4.69, 9.17) is 10.5 Å². The number of primary amides is 1. The van der Waals surface area contributed by atoms with E-state index in [9.17, 15) is 9.18 Å². The van der Waals surface area contributed by atoms with Gasteiger partial charge in [-0.25, -0.2) is 9.18 Å². The second-order valence-electron chi connectivity index (χ2n) is 7.67. The molecule has 6 heteroatoms. The molecule has 128 valence electrons. The van der Waals surface area contributed by atoms with Gasteiger partial charge in [0.05, 0.1) is 0 Å². The van der Waals surface area contributed by atoms with Gasteiger partial charge in [-0.05, 0) is 31.2 Å². The minimum Gasteiger partial charge on any atom is -0.444 e. The lowest BCUT2D eigenvalue weighted by Crippen LogP contribution is -2.39. The van der Waals surface area contributed by atoms with Crippen molar-refractivity contribution < 1.29 is 13.9 Å². The fraction of sp³-hybridized carbons (Fsp3) is 0.588. The van der Waals surface area contributed by atoms with Gasteiger partial charge in [0, 0.05) is 26.6 Å². The molecule has 4 nitrogen and oxygen atoms in total. The predicted molar refractivity (Wildman–Crippen MR) is 92.8 cm³/mol. The van der Waals surface area contributed by atoms with E-state index in [-0.39, 0.29) is 23.9 Å². The summed E-state index contributed by atoms with van der Waals surface area (Å²) in [5, 5.41) is 0. The Hall–Kier alpha value is -1.40. The minimum absolute atomic E-state index is 0.0464. The molecular formula is C17H27FN2O2Si. The van der Waals surface area contributed by atoms with E-state index < -0.39 is 14.2 Å². The summed E-state index contributed by atoms with van der Waals surface area (Å²) in [6.45, 7) is 7.72. The molecule has 1 aliphatic rings. The van der Waals surface area contributed by atoms with Gasteiger partial charge in [-0.1, -0.05) is 37.8 Å². The van der Waals surface area contributed by atoms with E-state index in [1.54, 1.807) is 6.07 Å². The molecule has 1 amide bonds. The molecule has 0 spiro atoms. The lowest BCUT2D eigenvalue weighted by Gasteiger charge is -2.28. The predicted octanol–water partition coefficient (Wildman–Crippen LogP) is 3.42. The van der Waals surface area contributed by atoms with Gasteiger partial charge in [0.15, 0.2) is 0 Å². The summed E-state index contributed by atoms with van der Waals surface area (Å²) in [7, 11) is 0.841. The molecule has 3 atom stereocenters. The Kier molecular flexibility index (Phi) is 5.47. The fourth-order valence-electron chi connectivity index (χ4n) is 3.36. The molecule has 1 fully saturated rings. The molecule has 0 aromatic heterocycles. The highest BCUT2D eigenvalue weighted by molar-refractivity contribution is 6.76. The van der Waals surface area contributed by atoms with Gasteiger partial charge in [0.25, 0.3) is 0 Å². The SMILES string of the molecule is CN1CC(c2cccc(F)c2)C(OC(N)=O)C1CC[Si](C)(C)C. The zero-order valence-electron chi connectivity index (χ0n) is 14.4. The Morgan fingerprint density at radius 1 is 1.43 bits per heavy atom. The summed E-state index contributed by atoms with van der Waals surface area (Å²) in [6, 6.07) is 7.81. The number of carbonyl (C=O) groups excluding carboxylic acids is 1. The maximum absolute atomic E-state index is 13.6. The first kappa shape index (κ1) is 17.9. The summed E-state index contributed by atoms with van der Waals surface area (Å²) in [6.07, 6.45) is -0.115. The van der Waals surface area contributed by atoms with Crippen molar-refractivity contribution in [2.75, 3.05) is 13.6 Å². The van der Waals surface area contributed by atoms with Crippen LogP contribution in [0.1, 0.15) is 17.9 Å². The lowest BCUT2D eigenvalue weighted by molar-refractivity contribution is 0.0749. The topological polar surface area (TPSA) is 55.6 Å². The number of carbonyl (C=O) groups is 1. The molecule has 1 heterocycles. The average molecular weight is 338 g/mol. The maximum Gasteiger partial charge on any atom is 0.404 e. The van der Waals surface area contributed by atoms with Crippen LogP contribution < -0.4 is 5.73 Å². The van der Waals surface area contributed by atoms with E-state index in [1.807, 2.05) is 13.1 Å². The summed E-state index contributed by atoms with van der Waals surface area (Å²) < 4.78 is 19.0. The van der Waals surface area contributed by atoms with Crippen LogP contribution in [0.25, 0.3) is 0 Å². The summed E-state index contributed by atoms with van der Waals surface area (Å²) in [5.74, 6) is -0.316. The highest BCUT2D eigenvalue weighted by atomic mass is 28.3. The van der Waals surface area contributed by atoms with Crippen LogP contribution in [0.4, 0.5) is 9.18 Å². The van der Waals surface area contributed by atoms with Gasteiger partial charge in [-0.2, -0.15) is 0 Å². The molecular weight excluding hydrogens is 311 g/mol. The van der Waals surface area contributed by atoms with Gasteiger partial charge in [-0.3, -0.25) is 4.90 Å². The van der Waals surface area contributed by atoms with Crippen LogP contribution in [0.3, 0.4) is 0 Å². The molecule has 1 aliphatic heterocycles. The van der Waals surface area contributed by atoms with E-state index >= 15 is 0 Å². The van der Waals surface area contributed by atoms with Crippen molar-refractivity contribution in [1.29, 1.82) is 0 Å². The first-order valence-corrected chi connectivity index (χ1v) is 11.8. The zero-order valence-corrected chi connectivity index (χ0v) is 15.4. The number of rotatable bonds is 5. The third-order valence-corrected chi connectivity index (χ3v) is 6.33. The number of nitrogens with zero attached hydrogens (tertiary/aromatic N) is 1. The van der Waals surface area contributed by atoms with Gasteiger partial charge in [0.1, 0.15) is 11.9 Å². The number of nitrogens with two attached hydrogens (primary N) is 1. The van der Waals surface area contributed by atoms with E-state index in [0.29, 0.717) is 0 Å². The normalized spacial score (nSPS) is 25.5. The molecule has 0 bridgehead atoms. The quantitative estimate of drug-likeness (QED) is 0.837. The number of likely N-dealkylation sites (N-methyl/N-ethyl adjacent to an activating group) is 1. The van der Waals surface area contributed by atoms with Crippen LogP contribution in [-0.4, -0.2) is 44.8 Å². The standard InChI is InChI=1S/C17H27FN2O2Si/c1-20-11-14(12-6-5-7-13(18)10-12)16(22-17(19)21)15(20)8-9-23(2,3)4/h5-7,10,14-16H,8-9,11H2,1-4H3,(H2,19,21). The maximum atomic E-state index is 13.6. The van der Waals surface area contributed by atoms with E-state index in [1.165, 1.54) is 12.1 Å². The number of amides is 1. The highest BCUT2D eigenvalue weighted by Gasteiger charge is 2.43. The van der Waals surface area contributed by atoms with Gasteiger partial charge in [0.2, 0.25) is 0 Å². The largest absolute Gasteiger partial charge is 0.444 e. The number of hydrogen-bond donors (Lipinski definition) is 1. The summed E-state index contributed by atoms with van der Waals surface area (Å²) in [4.78, 5) is 13.6. The second kappa shape index (κ2) is 7.01. The van der Waals surface area contributed by atoms with Crippen molar-refractivity contribution in [1.82, 2.24) is 4.90 Å². The van der Waals surface area contributed by atoms with Crippen molar-refractivity contribution >= 4 is 14.2 Å². The Bertz CT molecular complexity index is 562. The Morgan fingerprint density at radius 3 is 2.70 bits per heavy atom. The molecule has 1 aromatic rings. The van der Waals surface area contributed by atoms with Crippen LogP contribution in [0.15, 0.2) is 24.3 Å². The van der Waals surface area contributed by atoms with Crippen LogP contribution in [0.2, 0.25) is 25.7 Å². The third-order valence-electron chi connectivity index (χ3n) is 4.55. The van der Waals surface area contributed by atoms with Crippen molar-refractivity contribution in [2.45, 2.75) is 50.2 Å². The zero-order chi connectivity index (χ0) is 17.2. The van der Waals surface area contributed by atoms with Crippen molar-refractivity contribution in [3.8, 4) is 0 Å². The van der Waals surface area contributed by atoms with E-state index in [0.717, 1.165) is 24.6 Å². The molecule has 2 N–H and O–H groups in total. The van der Waals surface area contributed by atoms with Crippen molar-refractivity contribution in [2.24, 2.45) is 5.73 Å². The molecule has 23 heavy (non-hydrogen) atoms. The monoisotopic (exact) mass is 338 g/mol. The van der Waals surface area contributed by atoms with Gasteiger partial charge in [-0.15, -0.1) is 0 Å². The molecule has 3 unspecified atom stereocenters. The molecule has 2 rings (SSSR count). The summed E-state index contributed by atoms with van der Waals surface area (Å²) in [5.41, 5.74) is 6.15. The number of ether oxygens (including phenoxy) is 1. The van der Waals surface area contributed by atoms with Crippen LogP contribution in [0.5, 0.6) is 0 Å². The second-order valence-corrected chi connectivity index (χ2v) is 13.3. The van der Waals surface area contributed by atoms with Crippen LogP contribution in [0, 0.1) is 5.82 Å². The van der Waals surface area contributed by atoms with Crippen molar-refractivity contribution in [3.05, 3.63) is 35.6 Å². The Labute approximate surface area is 138 Å². The smallest absolute Gasteiger partial charge is 0.404 e.